The maximum atomic E-state index is 11.8. The molecule has 1 saturated carbocycles. The monoisotopic (exact) mass is 262 g/mol. The highest BCUT2D eigenvalue weighted by Gasteiger charge is 2.70. The molecule has 84 valence electrons. The first-order chi connectivity index (χ1) is 6.23. The van der Waals surface area contributed by atoms with Crippen LogP contribution in [0.4, 0.5) is 0 Å². The number of aliphatic hydroxyl groups is 1. The van der Waals surface area contributed by atoms with Crippen molar-refractivity contribution in [3.63, 3.8) is 0 Å². The minimum absolute atomic E-state index is 0.362. The van der Waals surface area contributed by atoms with Crippen molar-refractivity contribution in [1.29, 1.82) is 0 Å². The van der Waals surface area contributed by atoms with Crippen molar-refractivity contribution in [3.05, 3.63) is 0 Å². The van der Waals surface area contributed by atoms with Crippen LogP contribution in [0.5, 0.6) is 0 Å². The third-order valence-electron chi connectivity index (χ3n) is 2.68. The average molecular weight is 263 g/mol. The van der Waals surface area contributed by atoms with Gasteiger partial charge in [-0.25, -0.2) is 0 Å². The van der Waals surface area contributed by atoms with Gasteiger partial charge in [-0.1, -0.05) is 6.92 Å². The Labute approximate surface area is 93.0 Å². The molecular formula is C7H13Cl2O4P. The van der Waals surface area contributed by atoms with Crippen molar-refractivity contribution in [2.24, 2.45) is 5.41 Å². The van der Waals surface area contributed by atoms with Gasteiger partial charge in [0.1, 0.15) is 4.33 Å². The summed E-state index contributed by atoms with van der Waals surface area (Å²) in [6.07, 6.45) is 0.362. The topological polar surface area (TPSA) is 55.8 Å². The summed E-state index contributed by atoms with van der Waals surface area (Å²) in [4.78, 5) is 0. The fourth-order valence-electron chi connectivity index (χ4n) is 1.32. The van der Waals surface area contributed by atoms with Gasteiger partial charge in [0.15, 0.2) is 5.85 Å². The molecule has 0 bridgehead atoms. The Hall–Kier alpha value is 0.690. The van der Waals surface area contributed by atoms with Crippen molar-refractivity contribution >= 4 is 30.8 Å². The lowest BCUT2D eigenvalue weighted by atomic mass is 10.2. The predicted octanol–water partition coefficient (Wildman–Crippen LogP) is 2.37. The number of halogens is 2. The van der Waals surface area contributed by atoms with E-state index >= 15 is 0 Å². The zero-order valence-corrected chi connectivity index (χ0v) is 10.6. The van der Waals surface area contributed by atoms with Crippen molar-refractivity contribution in [1.82, 2.24) is 0 Å². The van der Waals surface area contributed by atoms with Crippen molar-refractivity contribution in [2.75, 3.05) is 14.2 Å². The molecule has 0 saturated heterocycles. The molecule has 2 unspecified atom stereocenters. The molecule has 0 radical (unpaired) electrons. The Morgan fingerprint density at radius 1 is 1.43 bits per heavy atom. The van der Waals surface area contributed by atoms with E-state index in [0.29, 0.717) is 6.42 Å². The van der Waals surface area contributed by atoms with E-state index in [4.69, 9.17) is 23.2 Å². The Kier molecular flexibility index (Phi) is 3.30. The molecule has 0 amide bonds. The van der Waals surface area contributed by atoms with Gasteiger partial charge < -0.3 is 14.2 Å². The Morgan fingerprint density at radius 3 is 2.00 bits per heavy atom. The zero-order chi connectivity index (χ0) is 11.2. The Bertz CT molecular complexity index is 275. The number of hydrogen-bond donors (Lipinski definition) is 1. The van der Waals surface area contributed by atoms with E-state index in [1.807, 2.05) is 0 Å². The molecule has 1 rings (SSSR count). The van der Waals surface area contributed by atoms with E-state index < -0.39 is 23.2 Å². The second kappa shape index (κ2) is 3.62. The quantitative estimate of drug-likeness (QED) is 0.625. The van der Waals surface area contributed by atoms with Gasteiger partial charge in [-0.15, -0.1) is 23.2 Å². The van der Waals surface area contributed by atoms with Gasteiger partial charge in [-0.3, -0.25) is 4.57 Å². The van der Waals surface area contributed by atoms with Crippen LogP contribution in [0.3, 0.4) is 0 Å². The van der Waals surface area contributed by atoms with E-state index in [1.165, 1.54) is 14.2 Å². The molecule has 4 nitrogen and oxygen atoms in total. The first kappa shape index (κ1) is 12.8. The van der Waals surface area contributed by atoms with Crippen LogP contribution in [-0.2, 0) is 13.6 Å². The second-order valence-electron chi connectivity index (χ2n) is 3.58. The van der Waals surface area contributed by atoms with Crippen LogP contribution < -0.4 is 0 Å². The van der Waals surface area contributed by atoms with Crippen LogP contribution in [0.25, 0.3) is 0 Å². The summed E-state index contributed by atoms with van der Waals surface area (Å²) in [5, 5.41) is 9.82. The largest absolute Gasteiger partial charge is 0.380 e. The standard InChI is InChI=1S/C7H13Cl2O4P/c1-6(4-7(6,8)9)5(10)14(11,12-2)13-3/h5,10H,4H2,1-3H3. The molecule has 0 aromatic carbocycles. The highest BCUT2D eigenvalue weighted by molar-refractivity contribution is 7.54. The van der Waals surface area contributed by atoms with Gasteiger partial charge in [-0.05, 0) is 6.42 Å². The van der Waals surface area contributed by atoms with Crippen LogP contribution in [0.1, 0.15) is 13.3 Å². The normalized spacial score (nSPS) is 32.7. The third-order valence-corrected chi connectivity index (χ3v) is 6.00. The zero-order valence-electron chi connectivity index (χ0n) is 8.16. The maximum Gasteiger partial charge on any atom is 0.359 e. The molecule has 0 heterocycles. The first-order valence-corrected chi connectivity index (χ1v) is 6.37. The second-order valence-corrected chi connectivity index (χ2v) is 7.36. The molecule has 0 spiro atoms. The molecule has 7 heteroatoms. The van der Waals surface area contributed by atoms with E-state index in [0.717, 1.165) is 0 Å². The fraction of sp³-hybridized carbons (Fsp3) is 1.00. The van der Waals surface area contributed by atoms with Gasteiger partial charge in [0.25, 0.3) is 0 Å². The summed E-state index contributed by atoms with van der Waals surface area (Å²) >= 11 is 11.7. The first-order valence-electron chi connectivity index (χ1n) is 4.00. The lowest BCUT2D eigenvalue weighted by molar-refractivity contribution is 0.124. The molecule has 0 aliphatic heterocycles. The highest BCUT2D eigenvalue weighted by atomic mass is 35.5. The predicted molar refractivity (Wildman–Crippen MR) is 54.8 cm³/mol. The van der Waals surface area contributed by atoms with Crippen LogP contribution in [0, 0.1) is 5.41 Å². The van der Waals surface area contributed by atoms with E-state index in [9.17, 15) is 9.67 Å². The van der Waals surface area contributed by atoms with Crippen molar-refractivity contribution in [2.45, 2.75) is 23.5 Å². The van der Waals surface area contributed by atoms with Gasteiger partial charge in [0.2, 0.25) is 0 Å². The van der Waals surface area contributed by atoms with Gasteiger partial charge >= 0.3 is 7.60 Å². The third kappa shape index (κ3) is 1.73. The highest BCUT2D eigenvalue weighted by Crippen LogP contribution is 2.73. The number of rotatable bonds is 4. The van der Waals surface area contributed by atoms with Crippen molar-refractivity contribution < 1.29 is 18.7 Å². The van der Waals surface area contributed by atoms with E-state index in [-0.39, 0.29) is 0 Å². The molecule has 1 aliphatic carbocycles. The van der Waals surface area contributed by atoms with Crippen molar-refractivity contribution in [3.8, 4) is 0 Å². The van der Waals surface area contributed by atoms with E-state index in [1.54, 1.807) is 6.92 Å². The SMILES string of the molecule is COP(=O)(OC)C(O)C1(C)CC1(Cl)Cl. The number of hydrogen-bond acceptors (Lipinski definition) is 4. The molecular weight excluding hydrogens is 250 g/mol. The fourth-order valence-corrected chi connectivity index (χ4v) is 3.79. The summed E-state index contributed by atoms with van der Waals surface area (Å²) in [5.74, 6) is -1.31. The molecule has 1 fully saturated rings. The maximum absolute atomic E-state index is 11.8. The lowest BCUT2D eigenvalue weighted by Gasteiger charge is -2.25. The van der Waals surface area contributed by atoms with Crippen LogP contribution in [0.15, 0.2) is 0 Å². The Morgan fingerprint density at radius 2 is 1.79 bits per heavy atom. The molecule has 1 aliphatic rings. The van der Waals surface area contributed by atoms with Gasteiger partial charge in [-0.2, -0.15) is 0 Å². The van der Waals surface area contributed by atoms with Crippen LogP contribution in [0.2, 0.25) is 0 Å². The minimum atomic E-state index is -3.52. The molecule has 14 heavy (non-hydrogen) atoms. The smallest absolute Gasteiger partial charge is 0.359 e. The molecule has 0 aromatic heterocycles. The summed E-state index contributed by atoms with van der Waals surface area (Å²) < 4.78 is 20.1. The average Bonchev–Trinajstić information content (AvgIpc) is 2.65. The van der Waals surface area contributed by atoms with E-state index in [2.05, 4.69) is 9.05 Å². The molecule has 0 aromatic rings. The van der Waals surface area contributed by atoms with Crippen LogP contribution in [-0.4, -0.2) is 29.5 Å². The molecule has 2 atom stereocenters. The Balaban J connectivity index is 2.86. The lowest BCUT2D eigenvalue weighted by Crippen LogP contribution is -2.25. The summed E-state index contributed by atoms with van der Waals surface area (Å²) in [5.41, 5.74) is -0.836. The van der Waals surface area contributed by atoms with Gasteiger partial charge in [0, 0.05) is 19.6 Å². The van der Waals surface area contributed by atoms with Gasteiger partial charge in [0.05, 0.1) is 0 Å². The summed E-state index contributed by atoms with van der Waals surface area (Å²) in [7, 11) is -1.10. The summed E-state index contributed by atoms with van der Waals surface area (Å²) in [6, 6.07) is 0. The van der Waals surface area contributed by atoms with Crippen LogP contribution >= 0.6 is 30.8 Å². The molecule has 1 N–H and O–H groups in total. The minimum Gasteiger partial charge on any atom is -0.380 e. The number of alkyl halides is 2. The summed E-state index contributed by atoms with van der Waals surface area (Å²) in [6.45, 7) is 1.64. The number of aliphatic hydroxyl groups excluding tert-OH is 1.